The second kappa shape index (κ2) is 8.32. The van der Waals surface area contributed by atoms with Gasteiger partial charge in [0.2, 0.25) is 0 Å². The Morgan fingerprint density at radius 1 is 1.10 bits per heavy atom. The van der Waals surface area contributed by atoms with E-state index in [1.807, 2.05) is 47.0 Å². The minimum Gasteiger partial charge on any atom is -0.481 e. The van der Waals surface area contributed by atoms with Crippen LogP contribution in [0.25, 0.3) is 10.9 Å². The van der Waals surface area contributed by atoms with Crippen LogP contribution in [0.5, 0.6) is 0 Å². The molecule has 3 aromatic rings. The van der Waals surface area contributed by atoms with Crippen LogP contribution >= 0.6 is 0 Å². The summed E-state index contributed by atoms with van der Waals surface area (Å²) >= 11 is 0. The van der Waals surface area contributed by atoms with Crippen LogP contribution in [0.2, 0.25) is 0 Å². The van der Waals surface area contributed by atoms with Crippen LogP contribution in [0.4, 0.5) is 5.69 Å². The fourth-order valence-corrected chi connectivity index (χ4v) is 4.49. The number of methoxy groups -OCH3 is 1. The van der Waals surface area contributed by atoms with Crippen molar-refractivity contribution in [2.45, 2.75) is 37.6 Å². The third-order valence-electron chi connectivity index (χ3n) is 6.12. The fraction of sp³-hybridized carbons (Fsp3) is 0.333. The highest BCUT2D eigenvalue weighted by Crippen LogP contribution is 2.41. The lowest BCUT2D eigenvalue weighted by molar-refractivity contribution is -0.143. The molecule has 0 spiro atoms. The number of anilines is 1. The molecule has 1 amide bonds. The number of fused-ring (bicyclic) bond motifs is 1. The predicted molar refractivity (Wildman–Crippen MR) is 116 cm³/mol. The number of nitrogens with one attached hydrogen (secondary N) is 1. The van der Waals surface area contributed by atoms with Gasteiger partial charge in [-0.2, -0.15) is 0 Å². The maximum atomic E-state index is 13.0. The lowest BCUT2D eigenvalue weighted by Gasteiger charge is -2.24. The molecule has 0 radical (unpaired) electrons. The van der Waals surface area contributed by atoms with Crippen molar-refractivity contribution < 1.29 is 19.4 Å². The van der Waals surface area contributed by atoms with Crippen molar-refractivity contribution in [3.63, 3.8) is 0 Å². The molecule has 156 valence electrons. The van der Waals surface area contributed by atoms with Gasteiger partial charge in [0.15, 0.2) is 0 Å². The number of aliphatic carboxylic acids is 1. The van der Waals surface area contributed by atoms with Gasteiger partial charge in [-0.3, -0.25) is 9.59 Å². The molecular weight excluding hydrogens is 380 g/mol. The van der Waals surface area contributed by atoms with Crippen molar-refractivity contribution in [1.82, 2.24) is 4.57 Å². The highest BCUT2D eigenvalue weighted by atomic mass is 16.5. The number of carbonyl (C=O) groups excluding carboxylic acids is 1. The van der Waals surface area contributed by atoms with Crippen LogP contribution in [0.1, 0.15) is 41.7 Å². The summed E-state index contributed by atoms with van der Waals surface area (Å²) < 4.78 is 7.17. The van der Waals surface area contributed by atoms with Gasteiger partial charge in [0.1, 0.15) is 5.69 Å². The van der Waals surface area contributed by atoms with Crippen LogP contribution < -0.4 is 5.32 Å². The number of nitrogens with zero attached hydrogens (tertiary/aromatic N) is 1. The standard InChI is InChI=1S/C24H26N2O4/c1-30-15-14-26-20-7-3-2-6-17(20)16-21(26)22(27)25-19-10-8-18(9-11-19)24(23(28)29)12-4-5-13-24/h2-3,6-11,16H,4-5,12-15H2,1H3,(H,25,27)(H,28,29). The topological polar surface area (TPSA) is 80.6 Å². The van der Waals surface area contributed by atoms with Crippen LogP contribution in [-0.2, 0) is 21.5 Å². The molecule has 1 heterocycles. The van der Waals surface area contributed by atoms with Crippen LogP contribution in [0, 0.1) is 0 Å². The molecule has 30 heavy (non-hydrogen) atoms. The van der Waals surface area contributed by atoms with Gasteiger partial charge in [0, 0.05) is 30.2 Å². The zero-order chi connectivity index (χ0) is 21.1. The van der Waals surface area contributed by atoms with E-state index < -0.39 is 11.4 Å². The van der Waals surface area contributed by atoms with Gasteiger partial charge in [0.05, 0.1) is 12.0 Å². The molecular formula is C24H26N2O4. The summed E-state index contributed by atoms with van der Waals surface area (Å²) in [5.74, 6) is -0.969. The van der Waals surface area contributed by atoms with E-state index in [-0.39, 0.29) is 5.91 Å². The average molecular weight is 406 g/mol. The summed E-state index contributed by atoms with van der Waals surface area (Å²) in [6, 6.07) is 17.0. The van der Waals surface area contributed by atoms with Crippen molar-refractivity contribution in [2.75, 3.05) is 19.0 Å². The Morgan fingerprint density at radius 3 is 2.47 bits per heavy atom. The van der Waals surface area contributed by atoms with Gasteiger partial charge in [-0.25, -0.2) is 0 Å². The number of ether oxygens (including phenoxy) is 1. The Hall–Kier alpha value is -3.12. The molecule has 0 aliphatic heterocycles. The first kappa shape index (κ1) is 20.2. The molecule has 4 rings (SSSR count). The number of benzene rings is 2. The third kappa shape index (κ3) is 3.59. The van der Waals surface area contributed by atoms with Crippen LogP contribution in [0.15, 0.2) is 54.6 Å². The van der Waals surface area contributed by atoms with Gasteiger partial charge >= 0.3 is 5.97 Å². The van der Waals surface area contributed by atoms with Crippen LogP contribution in [0.3, 0.4) is 0 Å². The summed E-state index contributed by atoms with van der Waals surface area (Å²) in [6.07, 6.45) is 3.18. The zero-order valence-electron chi connectivity index (χ0n) is 17.1. The van der Waals surface area contributed by atoms with Gasteiger partial charge in [-0.1, -0.05) is 43.2 Å². The number of hydrogen-bond acceptors (Lipinski definition) is 3. The van der Waals surface area contributed by atoms with Crippen molar-refractivity contribution in [3.05, 3.63) is 65.9 Å². The zero-order valence-corrected chi connectivity index (χ0v) is 17.1. The molecule has 1 aliphatic rings. The number of carboxylic acid groups (broad SMARTS) is 1. The molecule has 2 N–H and O–H groups in total. The first-order valence-electron chi connectivity index (χ1n) is 10.3. The van der Waals surface area contributed by atoms with E-state index in [1.54, 1.807) is 19.2 Å². The lowest BCUT2D eigenvalue weighted by atomic mass is 9.79. The lowest BCUT2D eigenvalue weighted by Crippen LogP contribution is -2.32. The quantitative estimate of drug-likeness (QED) is 0.608. The summed E-state index contributed by atoms with van der Waals surface area (Å²) in [7, 11) is 1.64. The minimum absolute atomic E-state index is 0.205. The highest BCUT2D eigenvalue weighted by Gasteiger charge is 2.42. The first-order valence-corrected chi connectivity index (χ1v) is 10.3. The van der Waals surface area contributed by atoms with E-state index in [2.05, 4.69) is 5.32 Å². The average Bonchev–Trinajstić information content (AvgIpc) is 3.39. The van der Waals surface area contributed by atoms with Gasteiger partial charge in [-0.15, -0.1) is 0 Å². The van der Waals surface area contributed by atoms with Crippen molar-refractivity contribution >= 4 is 28.5 Å². The molecule has 0 bridgehead atoms. The molecule has 6 nitrogen and oxygen atoms in total. The number of aromatic nitrogens is 1. The Morgan fingerprint density at radius 2 is 1.80 bits per heavy atom. The van der Waals surface area contributed by atoms with Gasteiger partial charge in [0.25, 0.3) is 5.91 Å². The monoisotopic (exact) mass is 406 g/mol. The minimum atomic E-state index is -0.797. The van der Waals surface area contributed by atoms with E-state index in [0.717, 1.165) is 29.3 Å². The molecule has 1 saturated carbocycles. The second-order valence-electron chi connectivity index (χ2n) is 7.86. The van der Waals surface area contributed by atoms with Crippen molar-refractivity contribution in [2.24, 2.45) is 0 Å². The summed E-state index contributed by atoms with van der Waals surface area (Å²) in [4.78, 5) is 24.9. The molecule has 6 heteroatoms. The number of rotatable bonds is 7. The molecule has 0 saturated heterocycles. The smallest absolute Gasteiger partial charge is 0.314 e. The van der Waals surface area contributed by atoms with E-state index in [4.69, 9.17) is 4.74 Å². The maximum Gasteiger partial charge on any atom is 0.314 e. The van der Waals surface area contributed by atoms with E-state index >= 15 is 0 Å². The number of amides is 1. The third-order valence-corrected chi connectivity index (χ3v) is 6.12. The summed E-state index contributed by atoms with van der Waals surface area (Å²) in [6.45, 7) is 1.08. The normalized spacial score (nSPS) is 15.4. The predicted octanol–water partition coefficient (Wildman–Crippen LogP) is 4.44. The van der Waals surface area contributed by atoms with Gasteiger partial charge in [-0.05, 0) is 42.7 Å². The van der Waals surface area contributed by atoms with Crippen LogP contribution in [-0.4, -0.2) is 35.3 Å². The van der Waals surface area contributed by atoms with E-state index in [0.29, 0.717) is 37.4 Å². The number of carboxylic acids is 1. The van der Waals surface area contributed by atoms with E-state index in [1.165, 1.54) is 0 Å². The fourth-order valence-electron chi connectivity index (χ4n) is 4.49. The summed E-state index contributed by atoms with van der Waals surface area (Å²) in [5, 5.41) is 13.7. The number of para-hydroxylation sites is 1. The number of hydrogen-bond donors (Lipinski definition) is 2. The Balaban J connectivity index is 1.58. The Bertz CT molecular complexity index is 1060. The van der Waals surface area contributed by atoms with E-state index in [9.17, 15) is 14.7 Å². The van der Waals surface area contributed by atoms with Crippen molar-refractivity contribution in [3.8, 4) is 0 Å². The second-order valence-corrected chi connectivity index (χ2v) is 7.86. The van der Waals surface area contributed by atoms with Gasteiger partial charge < -0.3 is 19.7 Å². The largest absolute Gasteiger partial charge is 0.481 e. The Kier molecular flexibility index (Phi) is 5.59. The maximum absolute atomic E-state index is 13.0. The molecule has 1 aromatic heterocycles. The summed E-state index contributed by atoms with van der Waals surface area (Å²) in [5.41, 5.74) is 2.20. The molecule has 1 fully saturated rings. The molecule has 0 unspecified atom stereocenters. The molecule has 2 aromatic carbocycles. The Labute approximate surface area is 175 Å². The van der Waals surface area contributed by atoms with Crippen molar-refractivity contribution in [1.29, 1.82) is 0 Å². The number of carbonyl (C=O) groups is 2. The molecule has 0 atom stereocenters. The first-order chi connectivity index (χ1) is 14.5. The highest BCUT2D eigenvalue weighted by molar-refractivity contribution is 6.06. The SMILES string of the molecule is COCCn1c(C(=O)Nc2ccc(C3(C(=O)O)CCCC3)cc2)cc2ccccc21. The molecule has 1 aliphatic carbocycles.